The number of nitrogens with one attached hydrogen (secondary N) is 1. The van der Waals surface area contributed by atoms with Crippen LogP contribution in [0.4, 0.5) is 5.69 Å². The quantitative estimate of drug-likeness (QED) is 0.532. The van der Waals surface area contributed by atoms with Gasteiger partial charge in [0, 0.05) is 12.2 Å². The lowest BCUT2D eigenvalue weighted by atomic mass is 10.1. The number of anilines is 1. The van der Waals surface area contributed by atoms with Gasteiger partial charge in [-0.3, -0.25) is 9.59 Å². The summed E-state index contributed by atoms with van der Waals surface area (Å²) in [6, 6.07) is 15.8. The second-order valence-corrected chi connectivity index (χ2v) is 9.68. The Balaban J connectivity index is 2.17. The van der Waals surface area contributed by atoms with Crippen molar-refractivity contribution in [1.82, 2.24) is 4.72 Å². The Hall–Kier alpha value is -3.22. The van der Waals surface area contributed by atoms with E-state index in [2.05, 4.69) is 4.72 Å². The maximum Gasteiger partial charge on any atom is 0.325 e. The van der Waals surface area contributed by atoms with Gasteiger partial charge in [0.25, 0.3) is 5.91 Å². The smallest absolute Gasteiger partial charge is 0.325 e. The second kappa shape index (κ2) is 11.6. The van der Waals surface area contributed by atoms with E-state index in [1.165, 1.54) is 24.0 Å². The molecule has 0 aliphatic rings. The maximum atomic E-state index is 13.0. The van der Waals surface area contributed by atoms with E-state index in [1.54, 1.807) is 56.3 Å². The number of carbonyl (C=O) groups is 2. The number of aryl methyl sites for hydroxylation is 1. The number of esters is 1. The number of sulfonamides is 1. The normalized spacial score (nSPS) is 13.1. The van der Waals surface area contributed by atoms with Crippen LogP contribution in [0.25, 0.3) is 0 Å². The van der Waals surface area contributed by atoms with E-state index in [0.29, 0.717) is 5.69 Å². The average molecular weight is 472 g/mol. The van der Waals surface area contributed by atoms with Crippen LogP contribution in [0.3, 0.4) is 0 Å². The monoisotopic (exact) mass is 471 g/mol. The molecule has 0 saturated carbocycles. The van der Waals surface area contributed by atoms with Crippen molar-refractivity contribution in [3.8, 4) is 6.07 Å². The predicted octanol–water partition coefficient (Wildman–Crippen LogP) is 3.18. The first-order valence-corrected chi connectivity index (χ1v) is 12.1. The molecule has 2 unspecified atom stereocenters. The molecule has 0 heterocycles. The molecule has 2 atom stereocenters. The third-order valence-electron chi connectivity index (χ3n) is 4.96. The number of hydrogen-bond donors (Lipinski definition) is 1. The molecule has 0 aliphatic carbocycles. The molecule has 0 aliphatic heterocycles. The number of carbonyl (C=O) groups excluding carboxylic acids is 2. The molecule has 0 saturated heterocycles. The summed E-state index contributed by atoms with van der Waals surface area (Å²) in [7, 11) is -3.98. The second-order valence-electron chi connectivity index (χ2n) is 7.97. The first-order chi connectivity index (χ1) is 15.6. The van der Waals surface area contributed by atoms with Crippen LogP contribution in [0.5, 0.6) is 0 Å². The van der Waals surface area contributed by atoms with E-state index in [4.69, 9.17) is 10.00 Å². The molecule has 0 spiro atoms. The van der Waals surface area contributed by atoms with Crippen molar-refractivity contribution in [2.45, 2.75) is 51.2 Å². The molecule has 0 bridgehead atoms. The molecule has 9 heteroatoms. The third-order valence-corrected chi connectivity index (χ3v) is 6.41. The molecular formula is C24H29N3O5S. The first kappa shape index (κ1) is 26.0. The zero-order valence-corrected chi connectivity index (χ0v) is 20.0. The van der Waals surface area contributed by atoms with E-state index in [0.717, 1.165) is 5.56 Å². The minimum Gasteiger partial charge on any atom is -0.451 e. The average Bonchev–Trinajstić information content (AvgIpc) is 2.78. The van der Waals surface area contributed by atoms with Crippen molar-refractivity contribution in [2.24, 2.45) is 5.92 Å². The van der Waals surface area contributed by atoms with Crippen molar-refractivity contribution in [3.05, 3.63) is 60.2 Å². The Bertz CT molecular complexity index is 1090. The third kappa shape index (κ3) is 7.14. The number of para-hydroxylation sites is 1. The van der Waals surface area contributed by atoms with Crippen LogP contribution < -0.4 is 9.62 Å². The highest BCUT2D eigenvalue weighted by Gasteiger charge is 2.33. The number of amides is 1. The molecule has 176 valence electrons. The summed E-state index contributed by atoms with van der Waals surface area (Å²) in [5, 5.41) is 8.94. The summed E-state index contributed by atoms with van der Waals surface area (Å²) in [5.41, 5.74) is 1.47. The van der Waals surface area contributed by atoms with Gasteiger partial charge in [-0.1, -0.05) is 49.7 Å². The van der Waals surface area contributed by atoms with Crippen molar-refractivity contribution in [2.75, 3.05) is 11.4 Å². The molecule has 2 aromatic rings. The Labute approximate surface area is 195 Å². The van der Waals surface area contributed by atoms with Crippen LogP contribution in [-0.2, 0) is 24.3 Å². The molecule has 2 rings (SSSR count). The highest BCUT2D eigenvalue weighted by atomic mass is 32.2. The van der Waals surface area contributed by atoms with E-state index >= 15 is 0 Å². The van der Waals surface area contributed by atoms with Gasteiger partial charge in [-0.05, 0) is 44.0 Å². The van der Waals surface area contributed by atoms with Crippen LogP contribution in [0.1, 0.15) is 32.8 Å². The van der Waals surface area contributed by atoms with E-state index < -0.39 is 40.0 Å². The lowest BCUT2D eigenvalue weighted by molar-refractivity contribution is -0.156. The fourth-order valence-electron chi connectivity index (χ4n) is 3.06. The van der Waals surface area contributed by atoms with Crippen molar-refractivity contribution < 1.29 is 22.7 Å². The summed E-state index contributed by atoms with van der Waals surface area (Å²) >= 11 is 0. The van der Waals surface area contributed by atoms with E-state index in [9.17, 15) is 18.0 Å². The first-order valence-electron chi connectivity index (χ1n) is 10.6. The number of ether oxygens (including phenoxy) is 1. The number of rotatable bonds is 10. The standard InChI is InChI=1S/C24H29N3O5S/c1-17(2)22(26-33(30,31)21-13-11-18(3)12-14-21)24(29)32-19(4)23(28)27(16-8-15-25)20-9-6-5-7-10-20/h5-7,9-14,17,19,22,26H,8,16H2,1-4H3. The van der Waals surface area contributed by atoms with Gasteiger partial charge in [0.05, 0.1) is 17.4 Å². The van der Waals surface area contributed by atoms with E-state index in [-0.39, 0.29) is 17.9 Å². The lowest BCUT2D eigenvalue weighted by Gasteiger charge is -2.27. The van der Waals surface area contributed by atoms with Crippen LogP contribution in [0.2, 0.25) is 0 Å². The Kier molecular flexibility index (Phi) is 9.14. The lowest BCUT2D eigenvalue weighted by Crippen LogP contribution is -2.48. The summed E-state index contributed by atoms with van der Waals surface area (Å²) < 4.78 is 33.3. The van der Waals surface area contributed by atoms with Gasteiger partial charge in [0.2, 0.25) is 10.0 Å². The van der Waals surface area contributed by atoms with Crippen molar-refractivity contribution in [1.29, 1.82) is 5.26 Å². The van der Waals surface area contributed by atoms with Gasteiger partial charge >= 0.3 is 5.97 Å². The van der Waals surface area contributed by atoms with Gasteiger partial charge in [-0.2, -0.15) is 9.98 Å². The summed E-state index contributed by atoms with van der Waals surface area (Å²) in [6.07, 6.45) is -1.08. The van der Waals surface area contributed by atoms with Crippen LogP contribution in [0, 0.1) is 24.2 Å². The predicted molar refractivity (Wildman–Crippen MR) is 125 cm³/mol. The number of hydrogen-bond acceptors (Lipinski definition) is 6. The summed E-state index contributed by atoms with van der Waals surface area (Å²) in [6.45, 7) is 6.76. The Morgan fingerprint density at radius 3 is 2.21 bits per heavy atom. The molecule has 0 radical (unpaired) electrons. The zero-order chi connectivity index (χ0) is 24.6. The SMILES string of the molecule is Cc1ccc(S(=O)(=O)NC(C(=O)OC(C)C(=O)N(CCC#N)c2ccccc2)C(C)C)cc1. The Morgan fingerprint density at radius 2 is 1.67 bits per heavy atom. The van der Waals surface area contributed by atoms with Crippen LogP contribution >= 0.6 is 0 Å². The topological polar surface area (TPSA) is 117 Å². The highest BCUT2D eigenvalue weighted by molar-refractivity contribution is 7.89. The maximum absolute atomic E-state index is 13.0. The number of nitrogens with zero attached hydrogens (tertiary/aromatic N) is 2. The molecule has 33 heavy (non-hydrogen) atoms. The fraction of sp³-hybridized carbons (Fsp3) is 0.375. The Morgan fingerprint density at radius 1 is 1.06 bits per heavy atom. The van der Waals surface area contributed by atoms with Crippen molar-refractivity contribution in [3.63, 3.8) is 0 Å². The van der Waals surface area contributed by atoms with Gasteiger partial charge in [0.15, 0.2) is 6.10 Å². The number of nitriles is 1. The summed E-state index contributed by atoms with van der Waals surface area (Å²) in [5.74, 6) is -1.78. The van der Waals surface area contributed by atoms with E-state index in [1.807, 2.05) is 13.0 Å². The molecular weight excluding hydrogens is 442 g/mol. The van der Waals surface area contributed by atoms with Gasteiger partial charge in [0.1, 0.15) is 6.04 Å². The largest absolute Gasteiger partial charge is 0.451 e. The molecule has 1 N–H and O–H groups in total. The minimum absolute atomic E-state index is 0.0300. The van der Waals surface area contributed by atoms with Gasteiger partial charge in [-0.25, -0.2) is 8.42 Å². The zero-order valence-electron chi connectivity index (χ0n) is 19.2. The molecule has 0 aromatic heterocycles. The summed E-state index contributed by atoms with van der Waals surface area (Å²) in [4.78, 5) is 27.3. The van der Waals surface area contributed by atoms with Gasteiger partial charge < -0.3 is 9.64 Å². The van der Waals surface area contributed by atoms with Gasteiger partial charge in [-0.15, -0.1) is 0 Å². The van der Waals surface area contributed by atoms with Crippen LogP contribution in [-0.4, -0.2) is 39.0 Å². The molecule has 8 nitrogen and oxygen atoms in total. The van der Waals surface area contributed by atoms with Crippen molar-refractivity contribution >= 4 is 27.6 Å². The number of benzene rings is 2. The fourth-order valence-corrected chi connectivity index (χ4v) is 4.40. The molecule has 2 aromatic carbocycles. The molecule has 1 amide bonds. The molecule has 0 fully saturated rings. The minimum atomic E-state index is -3.98. The van der Waals surface area contributed by atoms with Crippen LogP contribution in [0.15, 0.2) is 59.5 Å². The highest BCUT2D eigenvalue weighted by Crippen LogP contribution is 2.18.